The maximum atomic E-state index is 14.8. The summed E-state index contributed by atoms with van der Waals surface area (Å²) in [4.78, 5) is 39.6. The van der Waals surface area contributed by atoms with Crippen molar-refractivity contribution in [2.24, 2.45) is 29.1 Å². The van der Waals surface area contributed by atoms with Crippen LogP contribution in [0.5, 0.6) is 5.75 Å². The third kappa shape index (κ3) is 12.5. The van der Waals surface area contributed by atoms with Gasteiger partial charge in [0.2, 0.25) is 15.9 Å². The second kappa shape index (κ2) is 22.1. The molecule has 1 saturated heterocycles. The highest BCUT2D eigenvalue weighted by Crippen LogP contribution is 2.61. The largest absolute Gasteiger partial charge is 0.496 e. The number of amides is 2. The lowest BCUT2D eigenvalue weighted by molar-refractivity contribution is -0.183. The lowest BCUT2D eigenvalue weighted by Crippen LogP contribution is -2.62. The molecule has 2 amide bonds. The molecule has 3 aromatic carbocycles. The number of benzene rings is 3. The Morgan fingerprint density at radius 2 is 1.71 bits per heavy atom. The number of hydroxylamine groups is 2. The van der Waals surface area contributed by atoms with E-state index in [0.29, 0.717) is 65.1 Å². The molecule has 3 aliphatic carbocycles. The number of aliphatic hydroxyl groups is 2. The molecule has 0 aromatic heterocycles. The van der Waals surface area contributed by atoms with E-state index in [-0.39, 0.29) is 41.5 Å². The Kier molecular flexibility index (Phi) is 17.5. The lowest BCUT2D eigenvalue weighted by atomic mass is 9.45. The fraction of sp³-hybridized carbons (Fsp3) is 0.623. The molecule has 0 radical (unpaired) electrons. The van der Waals surface area contributed by atoms with Crippen molar-refractivity contribution >= 4 is 35.8 Å². The predicted octanol–water partition coefficient (Wildman–Crippen LogP) is 6.43. The van der Waals surface area contributed by atoms with Crippen LogP contribution in [0.25, 0.3) is 11.1 Å². The zero-order chi connectivity index (χ0) is 51.7. The van der Waals surface area contributed by atoms with Crippen molar-refractivity contribution in [2.75, 3.05) is 65.7 Å². The molecule has 15 nitrogen and oxygen atoms in total. The summed E-state index contributed by atoms with van der Waals surface area (Å²) < 4.78 is 41.2. The van der Waals surface area contributed by atoms with Gasteiger partial charge < -0.3 is 39.8 Å². The van der Waals surface area contributed by atoms with Crippen LogP contribution in [0.1, 0.15) is 88.8 Å². The Bertz CT molecular complexity index is 2400. The third-order valence-electron chi connectivity index (χ3n) is 16.1. The highest BCUT2D eigenvalue weighted by molar-refractivity contribution is 7.88. The number of ether oxygens (including phenoxy) is 1. The number of likely N-dealkylation sites (N-methyl/N-ethyl adjacent to an activating group) is 2. The third-order valence-corrected chi connectivity index (χ3v) is 21.3. The Morgan fingerprint density at radius 3 is 2.29 bits per heavy atom. The van der Waals surface area contributed by atoms with E-state index >= 15 is 0 Å². The number of aliphatic hydroxyl groups excluding tert-OH is 2. The lowest BCUT2D eigenvalue weighted by Gasteiger charge is -2.62. The minimum absolute atomic E-state index is 0.0134. The Labute approximate surface area is 419 Å². The molecule has 5 N–H and O–H groups in total. The van der Waals surface area contributed by atoms with Gasteiger partial charge in [-0.15, -0.1) is 0 Å². The van der Waals surface area contributed by atoms with Gasteiger partial charge in [-0.2, -0.15) is 5.06 Å². The molecule has 3 saturated carbocycles. The minimum atomic E-state index is -3.71. The van der Waals surface area contributed by atoms with Gasteiger partial charge in [-0.3, -0.25) is 14.4 Å². The van der Waals surface area contributed by atoms with Crippen molar-refractivity contribution < 1.29 is 42.2 Å². The molecule has 3 aromatic rings. The highest BCUT2D eigenvalue weighted by atomic mass is 32.2. The molecule has 388 valence electrons. The quantitative estimate of drug-likeness (QED) is 0.0740. The molecule has 0 spiro atoms. The SMILES string of the molecule is COc1c(CN2O[C@@H](CO)[C@@H]([C@H](C)O)[C@H]2C(=O)N[C@H]2C[C@H]3C[C@@H]([C@@H]2C)C3(C)C)cccc1-c1cc(C(=O)N[C@H](CN(C)C)[C@@H](NS(C)(=O)=O)c2ccccc2)cc(N(C)CCO[Si](C)(C)C(C)(C)C)c1. The van der Waals surface area contributed by atoms with Gasteiger partial charge in [-0.05, 0) is 104 Å². The smallest absolute Gasteiger partial charge is 0.251 e. The number of anilines is 1. The molecule has 1 aliphatic heterocycles. The average molecular weight is 1010 g/mol. The van der Waals surface area contributed by atoms with Gasteiger partial charge in [0.15, 0.2) is 8.32 Å². The van der Waals surface area contributed by atoms with E-state index in [1.165, 1.54) is 6.42 Å². The first-order valence-electron chi connectivity index (χ1n) is 24.8. The van der Waals surface area contributed by atoms with Crippen LogP contribution in [0, 0.1) is 29.1 Å². The minimum Gasteiger partial charge on any atom is -0.496 e. The number of nitrogens with one attached hydrogen (secondary N) is 3. The molecule has 17 heteroatoms. The maximum absolute atomic E-state index is 14.8. The van der Waals surface area contributed by atoms with Gasteiger partial charge in [-0.25, -0.2) is 13.1 Å². The molecule has 0 unspecified atom stereocenters. The fourth-order valence-corrected chi connectivity index (χ4v) is 12.7. The molecule has 70 heavy (non-hydrogen) atoms. The van der Waals surface area contributed by atoms with Crippen LogP contribution < -0.4 is 25.0 Å². The van der Waals surface area contributed by atoms with E-state index < -0.39 is 60.5 Å². The molecular formula is C53H82N6O9SSi. The van der Waals surface area contributed by atoms with Crippen LogP contribution in [-0.2, 0) is 30.6 Å². The zero-order valence-electron chi connectivity index (χ0n) is 44.1. The monoisotopic (exact) mass is 1010 g/mol. The van der Waals surface area contributed by atoms with E-state index in [0.717, 1.165) is 18.4 Å². The van der Waals surface area contributed by atoms with E-state index in [2.05, 4.69) is 74.9 Å². The summed E-state index contributed by atoms with van der Waals surface area (Å²) in [6.45, 7) is 20.6. The van der Waals surface area contributed by atoms with Crippen molar-refractivity contribution in [3.05, 3.63) is 83.4 Å². The van der Waals surface area contributed by atoms with Crippen LogP contribution >= 0.6 is 0 Å². The molecule has 7 rings (SSSR count). The molecule has 4 fully saturated rings. The number of nitrogens with zero attached hydrogens (tertiary/aromatic N) is 3. The summed E-state index contributed by atoms with van der Waals surface area (Å²) in [7, 11) is 1.51. The Morgan fingerprint density at radius 1 is 1.03 bits per heavy atom. The van der Waals surface area contributed by atoms with Crippen LogP contribution in [0.3, 0.4) is 0 Å². The van der Waals surface area contributed by atoms with Crippen LogP contribution in [0.4, 0.5) is 5.69 Å². The van der Waals surface area contributed by atoms with Crippen molar-refractivity contribution in [3.63, 3.8) is 0 Å². The average Bonchev–Trinajstić information content (AvgIpc) is 3.66. The molecule has 10 atom stereocenters. The van der Waals surface area contributed by atoms with Crippen molar-refractivity contribution in [3.8, 4) is 16.9 Å². The number of sulfonamides is 1. The standard InChI is InChI=1S/C53H82N6O9SSi/c1-33-42-28-39(53(42,6)7)29-43(33)54-51(63)48-46(34(2)61)45(32-60)68-59(48)30-36-21-18-22-41(49(36)66-11)37-25-38(27-40(26-37)58(10)23-24-67-70(13,14)52(3,4)5)50(62)55-44(31-57(8)9)47(56-69(12,64)65)35-19-16-15-17-20-35/h15-22,25-27,33-34,39,42-48,56,60-61H,23-24,28-32H2,1-14H3,(H,54,63)(H,55,62)/t33-,34-,39+,42-,43-,44+,45-,46+,47-,48-/m0/s1. The van der Waals surface area contributed by atoms with Crippen LogP contribution in [0.15, 0.2) is 66.7 Å². The normalized spacial score (nSPS) is 24.9. The molecular weight excluding hydrogens is 925 g/mol. The number of fused-ring (bicyclic) bond motifs is 2. The zero-order valence-corrected chi connectivity index (χ0v) is 45.9. The van der Waals surface area contributed by atoms with Gasteiger partial charge >= 0.3 is 0 Å². The van der Waals surface area contributed by atoms with Gasteiger partial charge in [0, 0.05) is 54.5 Å². The number of hydrogen-bond donors (Lipinski definition) is 5. The summed E-state index contributed by atoms with van der Waals surface area (Å²) >= 11 is 0. The van der Waals surface area contributed by atoms with E-state index in [1.54, 1.807) is 25.2 Å². The van der Waals surface area contributed by atoms with E-state index in [4.69, 9.17) is 14.0 Å². The Hall–Kier alpha value is -3.91. The second-order valence-electron chi connectivity index (χ2n) is 22.7. The molecule has 1 heterocycles. The fourth-order valence-electron chi connectivity index (χ4n) is 10.9. The Balaban J connectivity index is 1.37. The summed E-state index contributed by atoms with van der Waals surface area (Å²) in [5.74, 6) is 0.472. The highest BCUT2D eigenvalue weighted by Gasteiger charge is 2.57. The summed E-state index contributed by atoms with van der Waals surface area (Å²) in [6, 6.07) is 18.2. The molecule has 2 bridgehead atoms. The van der Waals surface area contributed by atoms with Crippen LogP contribution in [0.2, 0.25) is 18.1 Å². The van der Waals surface area contributed by atoms with E-state index in [9.17, 15) is 28.2 Å². The first kappa shape index (κ1) is 55.4. The summed E-state index contributed by atoms with van der Waals surface area (Å²) in [5, 5.41) is 29.8. The van der Waals surface area contributed by atoms with Crippen molar-refractivity contribution in [2.45, 2.75) is 122 Å². The van der Waals surface area contributed by atoms with Crippen LogP contribution in [-0.4, -0.2) is 140 Å². The van der Waals surface area contributed by atoms with Gasteiger partial charge in [0.05, 0.1) is 51.3 Å². The maximum Gasteiger partial charge on any atom is 0.251 e. The van der Waals surface area contributed by atoms with Crippen molar-refractivity contribution in [1.29, 1.82) is 0 Å². The van der Waals surface area contributed by atoms with E-state index in [1.807, 2.05) is 86.7 Å². The number of hydrogen-bond acceptors (Lipinski definition) is 12. The second-order valence-corrected chi connectivity index (χ2v) is 29.2. The number of para-hydroxylation sites is 1. The van der Waals surface area contributed by atoms with Crippen molar-refractivity contribution in [1.82, 2.24) is 25.3 Å². The first-order valence-corrected chi connectivity index (χ1v) is 29.6. The number of methoxy groups -OCH3 is 1. The van der Waals surface area contributed by atoms with Gasteiger partial charge in [0.1, 0.15) is 17.9 Å². The topological polar surface area (TPSA) is 182 Å². The molecule has 4 aliphatic rings. The first-order chi connectivity index (χ1) is 32.7. The number of rotatable bonds is 21. The van der Waals surface area contributed by atoms with Gasteiger partial charge in [-0.1, -0.05) is 90.1 Å². The number of carbonyl (C=O) groups excluding carboxylic acids is 2. The predicted molar refractivity (Wildman–Crippen MR) is 279 cm³/mol. The summed E-state index contributed by atoms with van der Waals surface area (Å²) in [6.07, 6.45) is 1.40. The van der Waals surface area contributed by atoms with Gasteiger partial charge in [0.25, 0.3) is 5.91 Å². The summed E-state index contributed by atoms with van der Waals surface area (Å²) in [5.41, 5.74) is 4.07. The number of carbonyl (C=O) groups is 2.